The summed E-state index contributed by atoms with van der Waals surface area (Å²) in [5.41, 5.74) is 6.47. The van der Waals surface area contributed by atoms with E-state index in [4.69, 9.17) is 10.5 Å². The highest BCUT2D eigenvalue weighted by Crippen LogP contribution is 2.17. The van der Waals surface area contributed by atoms with Crippen LogP contribution in [0, 0.1) is 0 Å². The van der Waals surface area contributed by atoms with Crippen LogP contribution in [0.1, 0.15) is 18.4 Å². The maximum Gasteiger partial charge on any atom is 0.306 e. The van der Waals surface area contributed by atoms with Crippen molar-refractivity contribution < 1.29 is 22.7 Å². The van der Waals surface area contributed by atoms with Gasteiger partial charge in [0.05, 0.1) is 31.6 Å². The zero-order valence-corrected chi connectivity index (χ0v) is 12.9. The minimum atomic E-state index is -3.26. The van der Waals surface area contributed by atoms with Crippen molar-refractivity contribution in [2.24, 2.45) is 5.73 Å². The van der Waals surface area contributed by atoms with Crippen molar-refractivity contribution in [2.45, 2.75) is 19.4 Å². The van der Waals surface area contributed by atoms with E-state index in [1.165, 1.54) is 7.11 Å². The zero-order chi connectivity index (χ0) is 15.7. The van der Waals surface area contributed by atoms with Gasteiger partial charge < -0.3 is 15.2 Å². The van der Waals surface area contributed by atoms with Crippen molar-refractivity contribution in [3.8, 4) is 5.75 Å². The zero-order valence-electron chi connectivity index (χ0n) is 12.1. The van der Waals surface area contributed by atoms with Gasteiger partial charge in [0.15, 0.2) is 9.84 Å². The number of hydrogen-bond acceptors (Lipinski definition) is 6. The molecule has 7 heteroatoms. The highest BCUT2D eigenvalue weighted by atomic mass is 32.2. The number of ether oxygens (including phenoxy) is 2. The molecule has 118 valence electrons. The van der Waals surface area contributed by atoms with Crippen molar-refractivity contribution in [3.05, 3.63) is 29.8 Å². The molecule has 0 heterocycles. The van der Waals surface area contributed by atoms with Crippen LogP contribution in [0.4, 0.5) is 0 Å². The number of para-hydroxylation sites is 1. The Balaban J connectivity index is 2.34. The summed E-state index contributed by atoms with van der Waals surface area (Å²) in [6.07, 6.45) is 0.248. The third-order valence-electron chi connectivity index (χ3n) is 2.89. The molecule has 0 aliphatic rings. The molecule has 0 aliphatic carbocycles. The number of hydrogen-bond donors (Lipinski definition) is 1. The van der Waals surface area contributed by atoms with E-state index in [0.717, 1.165) is 5.56 Å². The number of sulfone groups is 1. The summed E-state index contributed by atoms with van der Waals surface area (Å²) < 4.78 is 33.4. The van der Waals surface area contributed by atoms with E-state index >= 15 is 0 Å². The quantitative estimate of drug-likeness (QED) is 0.537. The third-order valence-corrected chi connectivity index (χ3v) is 4.63. The Bertz CT molecular complexity index is 556. The molecule has 1 aromatic carbocycles. The molecule has 0 atom stereocenters. The van der Waals surface area contributed by atoms with Crippen LogP contribution in [0.5, 0.6) is 5.75 Å². The maximum atomic E-state index is 11.7. The highest BCUT2D eigenvalue weighted by Gasteiger charge is 2.13. The van der Waals surface area contributed by atoms with Crippen molar-refractivity contribution in [3.63, 3.8) is 0 Å². The molecular weight excluding hydrogens is 294 g/mol. The summed E-state index contributed by atoms with van der Waals surface area (Å²) in [6, 6.07) is 7.37. The number of methoxy groups -OCH3 is 1. The Hall–Kier alpha value is -1.60. The molecule has 0 radical (unpaired) electrons. The van der Waals surface area contributed by atoms with Gasteiger partial charge in [0.25, 0.3) is 0 Å². The second kappa shape index (κ2) is 8.63. The van der Waals surface area contributed by atoms with Crippen LogP contribution in [0.3, 0.4) is 0 Å². The fraction of sp³-hybridized carbons (Fsp3) is 0.500. The number of carbonyl (C=O) groups is 1. The monoisotopic (exact) mass is 315 g/mol. The molecule has 0 fully saturated rings. The lowest BCUT2D eigenvalue weighted by Crippen LogP contribution is -2.17. The van der Waals surface area contributed by atoms with Gasteiger partial charge in [0, 0.05) is 12.1 Å². The summed E-state index contributed by atoms with van der Waals surface area (Å²) >= 11 is 0. The van der Waals surface area contributed by atoms with Gasteiger partial charge in [0.1, 0.15) is 5.75 Å². The summed E-state index contributed by atoms with van der Waals surface area (Å²) in [5.74, 6) is -0.0629. The Kier molecular flexibility index (Phi) is 7.18. The summed E-state index contributed by atoms with van der Waals surface area (Å²) in [7, 11) is -2.03. The Morgan fingerprint density at radius 3 is 2.62 bits per heavy atom. The first kappa shape index (κ1) is 17.5. The molecule has 0 saturated heterocycles. The average molecular weight is 315 g/mol. The summed E-state index contributed by atoms with van der Waals surface area (Å²) in [6.45, 7) is 0.655. The maximum absolute atomic E-state index is 11.7. The van der Waals surface area contributed by atoms with Crippen LogP contribution in [-0.4, -0.2) is 39.6 Å². The lowest BCUT2D eigenvalue weighted by Gasteiger charge is -2.10. The Morgan fingerprint density at radius 2 is 1.95 bits per heavy atom. The largest absolute Gasteiger partial charge is 0.493 e. The first-order chi connectivity index (χ1) is 9.98. The molecule has 1 aromatic rings. The first-order valence-electron chi connectivity index (χ1n) is 6.66. The van der Waals surface area contributed by atoms with E-state index in [-0.39, 0.29) is 24.5 Å². The molecule has 21 heavy (non-hydrogen) atoms. The van der Waals surface area contributed by atoms with Gasteiger partial charge in [-0.3, -0.25) is 4.79 Å². The second-order valence-electron chi connectivity index (χ2n) is 4.49. The van der Waals surface area contributed by atoms with Crippen LogP contribution in [0.25, 0.3) is 0 Å². The minimum Gasteiger partial charge on any atom is -0.493 e. The molecule has 6 nitrogen and oxygen atoms in total. The van der Waals surface area contributed by atoms with Crippen LogP contribution >= 0.6 is 0 Å². The molecule has 0 bridgehead atoms. The third kappa shape index (κ3) is 6.59. The lowest BCUT2D eigenvalue weighted by atomic mass is 10.2. The smallest absolute Gasteiger partial charge is 0.306 e. The molecule has 0 aromatic heterocycles. The molecule has 0 aliphatic heterocycles. The number of nitrogens with two attached hydrogens (primary N) is 1. The van der Waals surface area contributed by atoms with Crippen molar-refractivity contribution in [1.82, 2.24) is 0 Å². The number of benzene rings is 1. The van der Waals surface area contributed by atoms with E-state index < -0.39 is 15.8 Å². The number of esters is 1. The van der Waals surface area contributed by atoms with Gasteiger partial charge in [-0.05, 0) is 12.5 Å². The van der Waals surface area contributed by atoms with Crippen LogP contribution < -0.4 is 10.5 Å². The molecule has 0 saturated carbocycles. The van der Waals surface area contributed by atoms with Crippen molar-refractivity contribution in [1.29, 1.82) is 0 Å². The predicted octanol–water partition coefficient (Wildman–Crippen LogP) is 0.892. The van der Waals surface area contributed by atoms with Crippen molar-refractivity contribution >= 4 is 15.8 Å². The van der Waals surface area contributed by atoms with Crippen LogP contribution in [0.15, 0.2) is 24.3 Å². The molecule has 0 spiro atoms. The fourth-order valence-electron chi connectivity index (χ4n) is 1.72. The molecular formula is C14H21NO5S. The molecule has 0 unspecified atom stereocenters. The van der Waals surface area contributed by atoms with Gasteiger partial charge >= 0.3 is 5.97 Å². The van der Waals surface area contributed by atoms with E-state index in [0.29, 0.717) is 18.7 Å². The minimum absolute atomic E-state index is 0.0191. The second-order valence-corrected chi connectivity index (χ2v) is 6.80. The van der Waals surface area contributed by atoms with Gasteiger partial charge in [-0.2, -0.15) is 0 Å². The average Bonchev–Trinajstić information content (AvgIpc) is 2.49. The number of carbonyl (C=O) groups excluding carboxylic acids is 1. The van der Waals surface area contributed by atoms with Crippen molar-refractivity contribution in [2.75, 3.05) is 25.2 Å². The summed E-state index contributed by atoms with van der Waals surface area (Å²) in [5, 5.41) is 0. The molecule has 2 N–H and O–H groups in total. The predicted molar refractivity (Wildman–Crippen MR) is 79.7 cm³/mol. The summed E-state index contributed by atoms with van der Waals surface area (Å²) in [4.78, 5) is 10.9. The lowest BCUT2D eigenvalue weighted by molar-refractivity contribution is -0.140. The number of rotatable bonds is 9. The highest BCUT2D eigenvalue weighted by molar-refractivity contribution is 7.91. The van der Waals surface area contributed by atoms with Gasteiger partial charge in [0.2, 0.25) is 0 Å². The van der Waals surface area contributed by atoms with Gasteiger partial charge in [-0.25, -0.2) is 8.42 Å². The normalized spacial score (nSPS) is 11.1. The molecule has 0 amide bonds. The SMILES string of the molecule is COC(=O)CCS(=O)(=O)CCCOc1ccccc1CN. The van der Waals surface area contributed by atoms with E-state index in [2.05, 4.69) is 4.74 Å². The Morgan fingerprint density at radius 1 is 1.24 bits per heavy atom. The Labute approximate surface area is 125 Å². The van der Waals surface area contributed by atoms with E-state index in [1.807, 2.05) is 18.2 Å². The fourth-order valence-corrected chi connectivity index (χ4v) is 2.96. The van der Waals surface area contributed by atoms with E-state index in [1.54, 1.807) is 6.07 Å². The van der Waals surface area contributed by atoms with Crippen LogP contribution in [-0.2, 0) is 25.9 Å². The van der Waals surface area contributed by atoms with Crippen LogP contribution in [0.2, 0.25) is 0 Å². The standard InChI is InChI=1S/C14H21NO5S/c1-19-14(16)7-10-21(17,18)9-4-8-20-13-6-3-2-5-12(13)11-15/h2-3,5-6H,4,7-11,15H2,1H3. The van der Waals surface area contributed by atoms with E-state index in [9.17, 15) is 13.2 Å². The topological polar surface area (TPSA) is 95.7 Å². The van der Waals surface area contributed by atoms with Gasteiger partial charge in [-0.1, -0.05) is 18.2 Å². The first-order valence-corrected chi connectivity index (χ1v) is 8.48. The molecule has 1 rings (SSSR count). The van der Waals surface area contributed by atoms with Gasteiger partial charge in [-0.15, -0.1) is 0 Å².